The first-order valence-electron chi connectivity index (χ1n) is 7.06. The lowest BCUT2D eigenvalue weighted by Gasteiger charge is -2.10. The van der Waals surface area contributed by atoms with Crippen LogP contribution in [0.25, 0.3) is 0 Å². The van der Waals surface area contributed by atoms with E-state index in [0.717, 1.165) is 0 Å². The summed E-state index contributed by atoms with van der Waals surface area (Å²) in [5, 5.41) is 0. The highest BCUT2D eigenvalue weighted by molar-refractivity contribution is 4.61. The highest BCUT2D eigenvalue weighted by Gasteiger charge is 2.00. The van der Waals surface area contributed by atoms with Crippen molar-refractivity contribution < 1.29 is 0 Å². The number of rotatable bonds is 11. The average molecular weight is 213 g/mol. The fourth-order valence-corrected chi connectivity index (χ4v) is 1.97. The molecule has 1 unspecified atom stereocenters. The topological polar surface area (TPSA) is 26.0 Å². The summed E-state index contributed by atoms with van der Waals surface area (Å²) >= 11 is 0. The lowest BCUT2D eigenvalue weighted by Crippen LogP contribution is -2.19. The second-order valence-electron chi connectivity index (χ2n) is 4.81. The van der Waals surface area contributed by atoms with Crippen molar-refractivity contribution in [1.82, 2.24) is 0 Å². The van der Waals surface area contributed by atoms with Gasteiger partial charge in [-0.2, -0.15) is 0 Å². The van der Waals surface area contributed by atoms with Crippen LogP contribution in [0.3, 0.4) is 0 Å². The van der Waals surface area contributed by atoms with Crippen LogP contribution in [0.15, 0.2) is 0 Å². The zero-order chi connectivity index (χ0) is 11.4. The van der Waals surface area contributed by atoms with E-state index in [1.54, 1.807) is 0 Å². The van der Waals surface area contributed by atoms with E-state index in [0.29, 0.717) is 6.04 Å². The number of nitrogens with two attached hydrogens (primary N) is 1. The van der Waals surface area contributed by atoms with Crippen molar-refractivity contribution in [2.75, 3.05) is 0 Å². The zero-order valence-electron chi connectivity index (χ0n) is 10.9. The molecule has 0 radical (unpaired) electrons. The minimum Gasteiger partial charge on any atom is -0.328 e. The van der Waals surface area contributed by atoms with Crippen molar-refractivity contribution in [3.8, 4) is 0 Å². The SMILES string of the molecule is CCCCCCCCCC(N)CCCC. The van der Waals surface area contributed by atoms with Gasteiger partial charge in [0, 0.05) is 6.04 Å². The molecule has 92 valence electrons. The Morgan fingerprint density at radius 3 is 1.73 bits per heavy atom. The van der Waals surface area contributed by atoms with Crippen LogP contribution in [0.2, 0.25) is 0 Å². The van der Waals surface area contributed by atoms with Gasteiger partial charge in [-0.3, -0.25) is 0 Å². The summed E-state index contributed by atoms with van der Waals surface area (Å²) in [7, 11) is 0. The highest BCUT2D eigenvalue weighted by Crippen LogP contribution is 2.11. The summed E-state index contributed by atoms with van der Waals surface area (Å²) in [6, 6.07) is 0.473. The van der Waals surface area contributed by atoms with Gasteiger partial charge < -0.3 is 5.73 Å². The first kappa shape index (κ1) is 15.0. The molecule has 0 aromatic rings. The third-order valence-electron chi connectivity index (χ3n) is 3.11. The van der Waals surface area contributed by atoms with Crippen LogP contribution in [-0.2, 0) is 0 Å². The first-order valence-corrected chi connectivity index (χ1v) is 7.06. The Morgan fingerprint density at radius 2 is 1.13 bits per heavy atom. The van der Waals surface area contributed by atoms with Gasteiger partial charge >= 0.3 is 0 Å². The Kier molecular flexibility index (Phi) is 12.0. The van der Waals surface area contributed by atoms with Gasteiger partial charge in [0.05, 0.1) is 0 Å². The molecule has 0 rings (SSSR count). The van der Waals surface area contributed by atoms with E-state index >= 15 is 0 Å². The quantitative estimate of drug-likeness (QED) is 0.497. The van der Waals surface area contributed by atoms with Gasteiger partial charge in [-0.05, 0) is 12.8 Å². The van der Waals surface area contributed by atoms with Gasteiger partial charge in [0.1, 0.15) is 0 Å². The molecule has 2 N–H and O–H groups in total. The van der Waals surface area contributed by atoms with Crippen LogP contribution < -0.4 is 5.73 Å². The summed E-state index contributed by atoms with van der Waals surface area (Å²) < 4.78 is 0. The standard InChI is InChI=1S/C14H31N/c1-3-5-7-8-9-10-11-13-14(15)12-6-4-2/h14H,3-13,15H2,1-2H3. The maximum absolute atomic E-state index is 6.02. The molecule has 1 nitrogen and oxygen atoms in total. The Bertz CT molecular complexity index is 112. The molecular formula is C14H31N. The van der Waals surface area contributed by atoms with Crippen molar-refractivity contribution in [3.63, 3.8) is 0 Å². The minimum atomic E-state index is 0.473. The Morgan fingerprint density at radius 1 is 0.667 bits per heavy atom. The van der Waals surface area contributed by atoms with Crippen molar-refractivity contribution in [2.24, 2.45) is 5.73 Å². The number of hydrogen-bond donors (Lipinski definition) is 1. The van der Waals surface area contributed by atoms with Gasteiger partial charge in [0.25, 0.3) is 0 Å². The van der Waals surface area contributed by atoms with Gasteiger partial charge in [-0.15, -0.1) is 0 Å². The molecule has 0 aromatic heterocycles. The second kappa shape index (κ2) is 12.0. The van der Waals surface area contributed by atoms with Crippen LogP contribution in [0, 0.1) is 0 Å². The van der Waals surface area contributed by atoms with E-state index in [4.69, 9.17) is 5.73 Å². The second-order valence-corrected chi connectivity index (χ2v) is 4.81. The van der Waals surface area contributed by atoms with Gasteiger partial charge in [0.2, 0.25) is 0 Å². The van der Waals surface area contributed by atoms with Crippen molar-refractivity contribution >= 4 is 0 Å². The molecule has 0 heterocycles. The predicted octanol–water partition coefficient (Wildman–Crippen LogP) is 4.64. The average Bonchev–Trinajstić information content (AvgIpc) is 2.25. The maximum Gasteiger partial charge on any atom is 0.00388 e. The lowest BCUT2D eigenvalue weighted by molar-refractivity contribution is 0.496. The normalized spacial score (nSPS) is 13.0. The van der Waals surface area contributed by atoms with Crippen molar-refractivity contribution in [1.29, 1.82) is 0 Å². The molecule has 0 amide bonds. The van der Waals surface area contributed by atoms with E-state index in [1.807, 2.05) is 0 Å². The summed E-state index contributed by atoms with van der Waals surface area (Å²) in [6.07, 6.45) is 14.8. The predicted molar refractivity (Wildman–Crippen MR) is 70.1 cm³/mol. The summed E-state index contributed by atoms with van der Waals surface area (Å²) in [5.41, 5.74) is 6.02. The molecular weight excluding hydrogens is 182 g/mol. The van der Waals surface area contributed by atoms with E-state index < -0.39 is 0 Å². The molecule has 15 heavy (non-hydrogen) atoms. The molecule has 0 aliphatic heterocycles. The molecule has 0 aromatic carbocycles. The van der Waals surface area contributed by atoms with Crippen molar-refractivity contribution in [2.45, 2.75) is 90.5 Å². The number of unbranched alkanes of at least 4 members (excludes halogenated alkanes) is 7. The summed E-state index contributed by atoms with van der Waals surface area (Å²) in [4.78, 5) is 0. The Hall–Kier alpha value is -0.0400. The van der Waals surface area contributed by atoms with E-state index in [-0.39, 0.29) is 0 Å². The molecule has 0 saturated carbocycles. The Labute approximate surface area is 96.8 Å². The summed E-state index contributed by atoms with van der Waals surface area (Å²) in [5.74, 6) is 0. The molecule has 0 saturated heterocycles. The highest BCUT2D eigenvalue weighted by atomic mass is 14.6. The van der Waals surface area contributed by atoms with Crippen LogP contribution >= 0.6 is 0 Å². The largest absolute Gasteiger partial charge is 0.328 e. The fraction of sp³-hybridized carbons (Fsp3) is 1.00. The molecule has 1 heteroatoms. The first-order chi connectivity index (χ1) is 7.31. The van der Waals surface area contributed by atoms with Crippen LogP contribution in [0.4, 0.5) is 0 Å². The molecule has 0 aliphatic rings. The van der Waals surface area contributed by atoms with Gasteiger partial charge in [-0.1, -0.05) is 71.6 Å². The third kappa shape index (κ3) is 11.9. The van der Waals surface area contributed by atoms with Crippen LogP contribution in [-0.4, -0.2) is 6.04 Å². The molecule has 1 atom stereocenters. The minimum absolute atomic E-state index is 0.473. The van der Waals surface area contributed by atoms with Crippen LogP contribution in [0.1, 0.15) is 84.5 Å². The monoisotopic (exact) mass is 213 g/mol. The molecule has 0 spiro atoms. The van der Waals surface area contributed by atoms with Crippen LogP contribution in [0.5, 0.6) is 0 Å². The molecule has 0 fully saturated rings. The lowest BCUT2D eigenvalue weighted by atomic mass is 10.0. The van der Waals surface area contributed by atoms with Crippen molar-refractivity contribution in [3.05, 3.63) is 0 Å². The van der Waals surface area contributed by atoms with E-state index in [1.165, 1.54) is 70.6 Å². The molecule has 0 bridgehead atoms. The smallest absolute Gasteiger partial charge is 0.00388 e. The van der Waals surface area contributed by atoms with Gasteiger partial charge in [-0.25, -0.2) is 0 Å². The maximum atomic E-state index is 6.02. The summed E-state index contributed by atoms with van der Waals surface area (Å²) in [6.45, 7) is 4.51. The Balaban J connectivity index is 3.02. The van der Waals surface area contributed by atoms with Gasteiger partial charge in [0.15, 0.2) is 0 Å². The zero-order valence-corrected chi connectivity index (χ0v) is 10.9. The fourth-order valence-electron chi connectivity index (χ4n) is 1.97. The third-order valence-corrected chi connectivity index (χ3v) is 3.11. The number of hydrogen-bond acceptors (Lipinski definition) is 1. The van der Waals surface area contributed by atoms with E-state index in [9.17, 15) is 0 Å². The van der Waals surface area contributed by atoms with E-state index in [2.05, 4.69) is 13.8 Å². The molecule has 0 aliphatic carbocycles.